The number of ketones is 1. The van der Waals surface area contributed by atoms with Crippen LogP contribution in [0.15, 0.2) is 39.4 Å². The fourth-order valence-corrected chi connectivity index (χ4v) is 2.79. The Morgan fingerprint density at radius 3 is 2.11 bits per heavy atom. The van der Waals surface area contributed by atoms with E-state index in [1.54, 1.807) is 12.1 Å². The number of hydrogen-bond acceptors (Lipinski definition) is 2. The molecule has 0 atom stereocenters. The molecule has 4 nitrogen and oxygen atoms in total. The summed E-state index contributed by atoms with van der Waals surface area (Å²) in [6.07, 6.45) is 1.39. The predicted molar refractivity (Wildman–Crippen MR) is 73.0 cm³/mol. The third kappa shape index (κ3) is 2.70. The van der Waals surface area contributed by atoms with Crippen molar-refractivity contribution < 1.29 is 14.7 Å². The van der Waals surface area contributed by atoms with E-state index in [0.717, 1.165) is 8.95 Å². The van der Waals surface area contributed by atoms with Gasteiger partial charge in [-0.3, -0.25) is 4.79 Å². The van der Waals surface area contributed by atoms with Crippen LogP contribution < -0.4 is 0 Å². The number of nitrogens with one attached hydrogen (secondary N) is 1. The van der Waals surface area contributed by atoms with Crippen molar-refractivity contribution in [2.45, 2.75) is 0 Å². The summed E-state index contributed by atoms with van der Waals surface area (Å²) in [5, 5.41) is 8.78. The molecule has 2 aromatic rings. The maximum atomic E-state index is 12.1. The Bertz CT molecular complexity index is 614. The summed E-state index contributed by atoms with van der Waals surface area (Å²) in [5.74, 6) is -1.33. The van der Waals surface area contributed by atoms with Crippen LogP contribution in [0.2, 0.25) is 0 Å². The van der Waals surface area contributed by atoms with Gasteiger partial charge in [-0.15, -0.1) is 0 Å². The number of aromatic carboxylic acids is 1. The number of halogens is 2. The molecule has 0 unspecified atom stereocenters. The first-order valence-corrected chi connectivity index (χ1v) is 6.48. The van der Waals surface area contributed by atoms with Crippen LogP contribution in [0.4, 0.5) is 0 Å². The number of hydrogen-bond donors (Lipinski definition) is 2. The average Bonchev–Trinajstić information content (AvgIpc) is 2.75. The molecule has 0 amide bonds. The van der Waals surface area contributed by atoms with E-state index < -0.39 is 5.97 Å². The summed E-state index contributed by atoms with van der Waals surface area (Å²) < 4.78 is 1.54. The largest absolute Gasteiger partial charge is 0.477 e. The lowest BCUT2D eigenvalue weighted by Gasteiger charge is -2.00. The molecule has 0 saturated heterocycles. The Balaban J connectivity index is 2.38. The molecular formula is C12H7Br2NO3. The molecule has 0 bridgehead atoms. The molecule has 2 N–H and O–H groups in total. The van der Waals surface area contributed by atoms with Crippen molar-refractivity contribution in [2.75, 3.05) is 0 Å². The van der Waals surface area contributed by atoms with Crippen molar-refractivity contribution in [1.29, 1.82) is 0 Å². The highest BCUT2D eigenvalue weighted by Crippen LogP contribution is 2.22. The van der Waals surface area contributed by atoms with E-state index in [-0.39, 0.29) is 11.5 Å². The molecule has 0 fully saturated rings. The summed E-state index contributed by atoms with van der Waals surface area (Å²) in [6.45, 7) is 0. The van der Waals surface area contributed by atoms with Crippen molar-refractivity contribution >= 4 is 43.6 Å². The lowest BCUT2D eigenvalue weighted by molar-refractivity contribution is 0.0691. The number of benzene rings is 1. The van der Waals surface area contributed by atoms with Crippen molar-refractivity contribution in [2.24, 2.45) is 0 Å². The van der Waals surface area contributed by atoms with Crippen LogP contribution in [0.1, 0.15) is 26.4 Å². The number of H-pyrrole nitrogens is 1. The Hall–Kier alpha value is -1.40. The summed E-state index contributed by atoms with van der Waals surface area (Å²) in [4.78, 5) is 25.4. The molecule has 18 heavy (non-hydrogen) atoms. The van der Waals surface area contributed by atoms with Gasteiger partial charge in [-0.1, -0.05) is 31.9 Å². The van der Waals surface area contributed by atoms with E-state index in [9.17, 15) is 9.59 Å². The third-order valence-electron chi connectivity index (χ3n) is 2.30. The van der Waals surface area contributed by atoms with Gasteiger partial charge in [0.2, 0.25) is 0 Å². The molecular weight excluding hydrogens is 366 g/mol. The van der Waals surface area contributed by atoms with E-state index >= 15 is 0 Å². The second-order valence-electron chi connectivity index (χ2n) is 3.59. The molecule has 1 heterocycles. The smallest absolute Gasteiger partial charge is 0.352 e. The normalized spacial score (nSPS) is 10.3. The van der Waals surface area contributed by atoms with Crippen LogP contribution in [0.5, 0.6) is 0 Å². The van der Waals surface area contributed by atoms with Crippen molar-refractivity contribution in [3.05, 3.63) is 56.2 Å². The maximum absolute atomic E-state index is 12.1. The van der Waals surface area contributed by atoms with E-state index in [2.05, 4.69) is 36.8 Å². The summed E-state index contributed by atoms with van der Waals surface area (Å²) in [7, 11) is 0. The second-order valence-corrected chi connectivity index (χ2v) is 5.43. The van der Waals surface area contributed by atoms with Gasteiger partial charge in [0.1, 0.15) is 5.69 Å². The zero-order valence-electron chi connectivity index (χ0n) is 8.91. The molecule has 1 aromatic carbocycles. The summed E-state index contributed by atoms with van der Waals surface area (Å²) in [6, 6.07) is 6.50. The van der Waals surface area contributed by atoms with E-state index in [1.165, 1.54) is 12.3 Å². The highest BCUT2D eigenvalue weighted by Gasteiger charge is 2.14. The maximum Gasteiger partial charge on any atom is 0.352 e. The predicted octanol–water partition coefficient (Wildman–Crippen LogP) is 3.47. The number of carbonyl (C=O) groups is 2. The highest BCUT2D eigenvalue weighted by atomic mass is 79.9. The molecule has 0 radical (unpaired) electrons. The minimum Gasteiger partial charge on any atom is -0.477 e. The highest BCUT2D eigenvalue weighted by molar-refractivity contribution is 9.11. The summed E-state index contributed by atoms with van der Waals surface area (Å²) >= 11 is 6.60. The monoisotopic (exact) mass is 371 g/mol. The minimum absolute atomic E-state index is 0.00703. The number of carboxylic acid groups (broad SMARTS) is 1. The zero-order valence-corrected chi connectivity index (χ0v) is 12.1. The molecule has 92 valence electrons. The first-order chi connectivity index (χ1) is 8.47. The number of carboxylic acids is 1. The van der Waals surface area contributed by atoms with Crippen LogP contribution in [0.25, 0.3) is 0 Å². The molecule has 0 aliphatic carbocycles. The molecule has 2 rings (SSSR count). The topological polar surface area (TPSA) is 70.2 Å². The molecule has 0 aliphatic heterocycles. The van der Waals surface area contributed by atoms with E-state index in [1.807, 2.05) is 6.07 Å². The Labute approximate surface area is 119 Å². The molecule has 0 saturated carbocycles. The van der Waals surface area contributed by atoms with Gasteiger partial charge in [-0.05, 0) is 24.3 Å². The molecule has 6 heteroatoms. The lowest BCUT2D eigenvalue weighted by atomic mass is 10.1. The zero-order chi connectivity index (χ0) is 13.3. The van der Waals surface area contributed by atoms with Crippen LogP contribution in [0.3, 0.4) is 0 Å². The van der Waals surface area contributed by atoms with Crippen LogP contribution in [0, 0.1) is 0 Å². The van der Waals surface area contributed by atoms with Crippen molar-refractivity contribution in [3.63, 3.8) is 0 Å². The van der Waals surface area contributed by atoms with Crippen LogP contribution >= 0.6 is 31.9 Å². The Kier molecular flexibility index (Phi) is 3.68. The van der Waals surface area contributed by atoms with Gasteiger partial charge >= 0.3 is 5.97 Å². The minimum atomic E-state index is -1.09. The van der Waals surface area contributed by atoms with Crippen LogP contribution in [-0.2, 0) is 0 Å². The Morgan fingerprint density at radius 2 is 1.61 bits per heavy atom. The summed E-state index contributed by atoms with van der Waals surface area (Å²) in [5.41, 5.74) is 0.789. The third-order valence-corrected chi connectivity index (χ3v) is 3.22. The number of carbonyl (C=O) groups excluding carboxylic acids is 1. The molecule has 0 spiro atoms. The van der Waals surface area contributed by atoms with Gasteiger partial charge < -0.3 is 10.1 Å². The van der Waals surface area contributed by atoms with Gasteiger partial charge in [0.15, 0.2) is 5.78 Å². The van der Waals surface area contributed by atoms with Gasteiger partial charge in [0, 0.05) is 26.3 Å². The first-order valence-electron chi connectivity index (χ1n) is 4.90. The average molecular weight is 373 g/mol. The molecule has 1 aromatic heterocycles. The van der Waals surface area contributed by atoms with Gasteiger partial charge in [0.05, 0.1) is 0 Å². The first kappa shape index (κ1) is 13.0. The quantitative estimate of drug-likeness (QED) is 0.810. The van der Waals surface area contributed by atoms with Gasteiger partial charge in [-0.2, -0.15) is 0 Å². The van der Waals surface area contributed by atoms with Crippen molar-refractivity contribution in [3.8, 4) is 0 Å². The van der Waals surface area contributed by atoms with E-state index in [4.69, 9.17) is 5.11 Å². The number of aromatic amines is 1. The fraction of sp³-hybridized carbons (Fsp3) is 0. The molecule has 0 aliphatic rings. The fourth-order valence-electron chi connectivity index (χ4n) is 1.50. The number of rotatable bonds is 3. The van der Waals surface area contributed by atoms with Gasteiger partial charge in [0.25, 0.3) is 0 Å². The van der Waals surface area contributed by atoms with E-state index in [0.29, 0.717) is 11.1 Å². The number of aromatic nitrogens is 1. The standard InChI is InChI=1S/C12H7Br2NO3/c13-8-1-6(2-9(14)4-8)11(16)7-3-10(12(17)18)15-5-7/h1-5,15H,(H,17,18). The lowest BCUT2D eigenvalue weighted by Crippen LogP contribution is -2.00. The van der Waals surface area contributed by atoms with Crippen LogP contribution in [-0.4, -0.2) is 21.8 Å². The van der Waals surface area contributed by atoms with Gasteiger partial charge in [-0.25, -0.2) is 4.79 Å². The Morgan fingerprint density at radius 1 is 1.00 bits per heavy atom. The van der Waals surface area contributed by atoms with Crippen molar-refractivity contribution in [1.82, 2.24) is 4.98 Å². The second kappa shape index (κ2) is 5.07. The SMILES string of the molecule is O=C(c1cc(Br)cc(Br)c1)c1c[nH]c(C(=O)O)c1.